The molecule has 0 heterocycles. The smallest absolute Gasteiger partial charge is 0.133 e. The Kier molecular flexibility index (Phi) is 10.2. The Morgan fingerprint density at radius 3 is 1.12 bits per heavy atom. The van der Waals surface area contributed by atoms with Gasteiger partial charge in [-0.15, -0.1) is 4.13 Å². The van der Waals surface area contributed by atoms with E-state index in [1.54, 1.807) is 36.4 Å². The maximum atomic E-state index is 12.4. The molecule has 2 aromatic rings. The summed E-state index contributed by atoms with van der Waals surface area (Å²) in [5, 5.41) is 2.68. The van der Waals surface area contributed by atoms with Gasteiger partial charge in [-0.25, -0.2) is 8.42 Å². The molecule has 33 heavy (non-hydrogen) atoms. The lowest BCUT2D eigenvalue weighted by atomic mass is 10.1. The third kappa shape index (κ3) is 6.98. The van der Waals surface area contributed by atoms with Gasteiger partial charge in [0.15, 0.2) is 0 Å². The van der Waals surface area contributed by atoms with Gasteiger partial charge in [0.2, 0.25) is 0 Å². The fourth-order valence-electron chi connectivity index (χ4n) is 2.79. The molecule has 0 radical (unpaired) electrons. The van der Waals surface area contributed by atoms with Crippen molar-refractivity contribution in [2.24, 2.45) is 0 Å². The maximum absolute atomic E-state index is 12.4. The summed E-state index contributed by atoms with van der Waals surface area (Å²) in [7, 11) is 5.55. The van der Waals surface area contributed by atoms with Gasteiger partial charge >= 0.3 is 0 Å². The lowest BCUT2D eigenvalue weighted by Crippen LogP contribution is -2.15. The van der Waals surface area contributed by atoms with E-state index >= 15 is 0 Å². The number of nitrogens with one attached hydrogen (secondary N) is 1. The normalized spacial score (nSPS) is 13.0. The van der Waals surface area contributed by atoms with E-state index in [4.69, 9.17) is 28.4 Å². The quantitative estimate of drug-likeness (QED) is 0.477. The minimum Gasteiger partial charge on any atom is -0.496 e. The van der Waals surface area contributed by atoms with Crippen LogP contribution < -0.4 is 32.5 Å². The van der Waals surface area contributed by atoms with Crippen molar-refractivity contribution in [3.05, 3.63) is 46.2 Å². The first-order valence-electron chi connectivity index (χ1n) is 9.44. The number of ether oxygens (including phenoxy) is 6. The molecule has 2 unspecified atom stereocenters. The monoisotopic (exact) mass is 497 g/mol. The van der Waals surface area contributed by atoms with Crippen molar-refractivity contribution in [3.8, 4) is 34.5 Å². The largest absolute Gasteiger partial charge is 0.496 e. The van der Waals surface area contributed by atoms with Crippen LogP contribution in [0.25, 0.3) is 12.2 Å². The van der Waals surface area contributed by atoms with Crippen LogP contribution in [-0.2, 0) is 22.0 Å². The molecule has 2 atom stereocenters. The fourth-order valence-corrected chi connectivity index (χ4v) is 4.40. The van der Waals surface area contributed by atoms with Crippen LogP contribution in [0.5, 0.6) is 34.5 Å². The molecule has 0 bridgehead atoms. The van der Waals surface area contributed by atoms with E-state index in [1.807, 2.05) is 0 Å². The second-order valence-electron chi connectivity index (χ2n) is 6.17. The highest BCUT2D eigenvalue weighted by molar-refractivity contribution is 8.01. The zero-order valence-electron chi connectivity index (χ0n) is 19.2. The Hall–Kier alpha value is -3.02. The van der Waals surface area contributed by atoms with Crippen LogP contribution in [0.1, 0.15) is 11.1 Å². The summed E-state index contributed by atoms with van der Waals surface area (Å²) in [4.78, 5) is 0. The Bertz CT molecular complexity index is 935. The fraction of sp³-hybridized carbons (Fsp3) is 0.273. The van der Waals surface area contributed by atoms with E-state index in [0.29, 0.717) is 45.6 Å². The van der Waals surface area contributed by atoms with Gasteiger partial charge in [0.05, 0.1) is 53.8 Å². The first-order valence-corrected chi connectivity index (χ1v) is 11.9. The average molecular weight is 498 g/mol. The summed E-state index contributed by atoms with van der Waals surface area (Å²) in [6.07, 6.45) is 3.10. The van der Waals surface area contributed by atoms with E-state index in [2.05, 4.69) is 4.13 Å². The van der Waals surface area contributed by atoms with Crippen molar-refractivity contribution in [1.29, 1.82) is 0 Å². The summed E-state index contributed by atoms with van der Waals surface area (Å²) >= 11 is 0. The first kappa shape index (κ1) is 26.2. The molecule has 0 aliphatic rings. The minimum absolute atomic E-state index is 0.471. The molecule has 0 spiro atoms. The van der Waals surface area contributed by atoms with E-state index < -0.39 is 22.0 Å². The number of benzene rings is 2. The van der Waals surface area contributed by atoms with E-state index in [1.165, 1.54) is 53.5 Å². The van der Waals surface area contributed by atoms with Crippen molar-refractivity contribution in [3.63, 3.8) is 0 Å². The van der Waals surface area contributed by atoms with E-state index in [0.717, 1.165) is 0 Å². The van der Waals surface area contributed by atoms with Crippen molar-refractivity contribution < 1.29 is 36.8 Å². The molecule has 9 nitrogen and oxygen atoms in total. The van der Waals surface area contributed by atoms with E-state index in [-0.39, 0.29) is 0 Å². The minimum atomic E-state index is -1.76. The highest BCUT2D eigenvalue weighted by Gasteiger charge is 2.13. The van der Waals surface area contributed by atoms with Gasteiger partial charge < -0.3 is 28.4 Å². The van der Waals surface area contributed by atoms with Gasteiger partial charge in [0, 0.05) is 35.1 Å². The van der Waals surface area contributed by atoms with Gasteiger partial charge in [0.1, 0.15) is 56.5 Å². The van der Waals surface area contributed by atoms with Crippen molar-refractivity contribution in [2.75, 3.05) is 42.7 Å². The number of methoxy groups -OCH3 is 6. The molecule has 180 valence electrons. The van der Waals surface area contributed by atoms with Crippen LogP contribution in [0.3, 0.4) is 0 Å². The van der Waals surface area contributed by atoms with Gasteiger partial charge in [-0.05, 0) is 12.2 Å². The van der Waals surface area contributed by atoms with Crippen LogP contribution in [0, 0.1) is 0 Å². The molecule has 0 aliphatic heterocycles. The van der Waals surface area contributed by atoms with Gasteiger partial charge in [0.25, 0.3) is 0 Å². The summed E-state index contributed by atoms with van der Waals surface area (Å²) in [6.45, 7) is 0. The predicted octanol–water partition coefficient (Wildman–Crippen LogP) is 3.30. The molecular formula is C22H27NO8S2. The van der Waals surface area contributed by atoms with Crippen LogP contribution in [0.4, 0.5) is 0 Å². The summed E-state index contributed by atoms with van der Waals surface area (Å²) in [5.41, 5.74) is 1.12. The molecule has 0 aliphatic carbocycles. The molecular weight excluding hydrogens is 470 g/mol. The topological polar surface area (TPSA) is 102 Å². The molecule has 2 aromatic carbocycles. The summed E-state index contributed by atoms with van der Waals surface area (Å²) in [5.74, 6) is 2.99. The van der Waals surface area contributed by atoms with Crippen molar-refractivity contribution in [2.45, 2.75) is 0 Å². The lowest BCUT2D eigenvalue weighted by Gasteiger charge is -2.12. The van der Waals surface area contributed by atoms with Crippen molar-refractivity contribution >= 4 is 34.1 Å². The van der Waals surface area contributed by atoms with Crippen LogP contribution >= 0.6 is 0 Å². The number of hydrogen-bond acceptors (Lipinski definition) is 8. The highest BCUT2D eigenvalue weighted by Crippen LogP contribution is 2.36. The van der Waals surface area contributed by atoms with Crippen LogP contribution in [-0.4, -0.2) is 51.1 Å². The summed E-state index contributed by atoms with van der Waals surface area (Å²) < 4.78 is 59.1. The Morgan fingerprint density at radius 1 is 0.576 bits per heavy atom. The van der Waals surface area contributed by atoms with Gasteiger partial charge in [-0.3, -0.25) is 0 Å². The lowest BCUT2D eigenvalue weighted by molar-refractivity contribution is 0.374. The molecule has 0 saturated carbocycles. The second kappa shape index (κ2) is 12.9. The first-order chi connectivity index (χ1) is 15.9. The van der Waals surface area contributed by atoms with Crippen molar-refractivity contribution in [1.82, 2.24) is 4.13 Å². The third-order valence-corrected chi connectivity index (χ3v) is 6.47. The number of rotatable bonds is 12. The summed E-state index contributed by atoms with van der Waals surface area (Å²) in [6, 6.07) is 6.70. The molecule has 2 rings (SSSR count). The zero-order chi connectivity index (χ0) is 24.4. The van der Waals surface area contributed by atoms with Gasteiger partial charge in [-0.2, -0.15) is 0 Å². The van der Waals surface area contributed by atoms with Crippen LogP contribution in [0.15, 0.2) is 35.1 Å². The Labute approximate surface area is 198 Å². The Morgan fingerprint density at radius 2 is 0.879 bits per heavy atom. The highest BCUT2D eigenvalue weighted by atomic mass is 32.3. The number of hydrogen-bond donors (Lipinski definition) is 1. The average Bonchev–Trinajstić information content (AvgIpc) is 2.84. The SMILES string of the molecule is COc1cc(OC)c(/C=C/S(=O)NS(=O)/C=C/c2c(OC)cc(OC)cc2OC)c(OC)c1. The molecule has 1 N–H and O–H groups in total. The standard InChI is InChI=1S/C22H27NO8S2/c1-26-15-11-19(28-3)17(20(12-15)29-4)7-9-32(24)23-33(25)10-8-18-21(30-5)13-16(27-2)14-22(18)31-6/h7-14,23H,1-6H3/b9-7+,10-8+. The zero-order valence-corrected chi connectivity index (χ0v) is 20.8. The molecule has 11 heteroatoms. The maximum Gasteiger partial charge on any atom is 0.133 e. The predicted molar refractivity (Wildman–Crippen MR) is 130 cm³/mol. The molecule has 0 fully saturated rings. The second-order valence-corrected chi connectivity index (χ2v) is 8.58. The molecule has 0 amide bonds. The Balaban J connectivity index is 2.18. The van der Waals surface area contributed by atoms with Crippen LogP contribution in [0.2, 0.25) is 0 Å². The molecule has 0 saturated heterocycles. The van der Waals surface area contributed by atoms with Gasteiger partial charge in [-0.1, -0.05) is 0 Å². The van der Waals surface area contributed by atoms with E-state index in [9.17, 15) is 8.42 Å². The molecule has 0 aromatic heterocycles. The third-order valence-electron chi connectivity index (χ3n) is 4.39.